The van der Waals surface area contributed by atoms with Crippen molar-refractivity contribution in [3.05, 3.63) is 35.5 Å². The predicted octanol–water partition coefficient (Wildman–Crippen LogP) is 2.98. The molecule has 3 aliphatic heterocycles. The number of hydrogen-bond donors (Lipinski definition) is 2. The Bertz CT molecular complexity index is 820. The van der Waals surface area contributed by atoms with Crippen molar-refractivity contribution in [2.45, 2.75) is 37.7 Å². The molecule has 0 bridgehead atoms. The first-order valence-electron chi connectivity index (χ1n) is 10.0. The van der Waals surface area contributed by atoms with Gasteiger partial charge in [-0.15, -0.1) is 12.4 Å². The number of carbonyl (C=O) groups excluding carboxylic acids is 1. The lowest BCUT2D eigenvalue weighted by atomic mass is 9.82. The zero-order valence-electron chi connectivity index (χ0n) is 15.6. The molecule has 1 aromatic heterocycles. The Morgan fingerprint density at radius 2 is 2.04 bits per heavy atom. The molecule has 5 rings (SSSR count). The van der Waals surface area contributed by atoms with Gasteiger partial charge in [-0.25, -0.2) is 0 Å². The minimum Gasteiger partial charge on any atom is -0.368 e. The van der Waals surface area contributed by atoms with E-state index in [1.165, 1.54) is 22.2 Å². The third-order valence-corrected chi connectivity index (χ3v) is 6.53. The number of aromatic nitrogens is 1. The van der Waals surface area contributed by atoms with Crippen LogP contribution in [0.25, 0.3) is 10.9 Å². The van der Waals surface area contributed by atoms with Crippen molar-refractivity contribution < 1.29 is 9.53 Å². The van der Waals surface area contributed by atoms with Crippen LogP contribution in [0.4, 0.5) is 0 Å². The molecular formula is C21H28ClN3O2. The van der Waals surface area contributed by atoms with Crippen molar-refractivity contribution in [1.82, 2.24) is 15.2 Å². The second kappa shape index (κ2) is 7.46. The molecule has 1 amide bonds. The Kier molecular flexibility index (Phi) is 5.19. The predicted molar refractivity (Wildman–Crippen MR) is 108 cm³/mol. The van der Waals surface area contributed by atoms with Gasteiger partial charge in [0.15, 0.2) is 0 Å². The third kappa shape index (κ3) is 3.16. The lowest BCUT2D eigenvalue weighted by molar-refractivity contribution is -0.145. The zero-order chi connectivity index (χ0) is 17.6. The molecule has 2 saturated heterocycles. The first kappa shape index (κ1) is 18.8. The third-order valence-electron chi connectivity index (χ3n) is 6.53. The van der Waals surface area contributed by atoms with Crippen molar-refractivity contribution >= 4 is 29.2 Å². The van der Waals surface area contributed by atoms with Gasteiger partial charge in [0.2, 0.25) is 5.91 Å². The molecule has 0 saturated carbocycles. The van der Waals surface area contributed by atoms with Crippen LogP contribution in [0.3, 0.4) is 0 Å². The van der Waals surface area contributed by atoms with Gasteiger partial charge in [-0.3, -0.25) is 4.79 Å². The van der Waals surface area contributed by atoms with Gasteiger partial charge < -0.3 is 19.9 Å². The van der Waals surface area contributed by atoms with E-state index < -0.39 is 0 Å². The number of hydrogen-bond acceptors (Lipinski definition) is 3. The quantitative estimate of drug-likeness (QED) is 0.788. The van der Waals surface area contributed by atoms with Crippen LogP contribution < -0.4 is 5.32 Å². The highest BCUT2D eigenvalue weighted by Crippen LogP contribution is 2.43. The number of rotatable bonds is 1. The Morgan fingerprint density at radius 3 is 2.81 bits per heavy atom. The summed E-state index contributed by atoms with van der Waals surface area (Å²) in [5, 5.41) is 4.69. The topological polar surface area (TPSA) is 57.4 Å². The lowest BCUT2D eigenvalue weighted by Gasteiger charge is -2.44. The van der Waals surface area contributed by atoms with Crippen molar-refractivity contribution in [3.8, 4) is 0 Å². The lowest BCUT2D eigenvalue weighted by Crippen LogP contribution is -2.51. The number of benzene rings is 1. The van der Waals surface area contributed by atoms with Crippen molar-refractivity contribution in [1.29, 1.82) is 0 Å². The largest absolute Gasteiger partial charge is 0.368 e. The molecule has 1 spiro atoms. The van der Waals surface area contributed by atoms with E-state index in [1.54, 1.807) is 0 Å². The molecule has 0 radical (unpaired) electrons. The van der Waals surface area contributed by atoms with Crippen LogP contribution in [0.2, 0.25) is 0 Å². The fourth-order valence-electron chi connectivity index (χ4n) is 5.07. The fraction of sp³-hybridized carbons (Fsp3) is 0.571. The monoisotopic (exact) mass is 389 g/mol. The maximum Gasteiger partial charge on any atom is 0.226 e. The maximum atomic E-state index is 12.8. The van der Waals surface area contributed by atoms with Gasteiger partial charge in [-0.05, 0) is 50.3 Å². The number of H-pyrrole nitrogens is 1. The first-order chi connectivity index (χ1) is 12.8. The van der Waals surface area contributed by atoms with Crippen LogP contribution in [-0.4, -0.2) is 48.6 Å². The highest BCUT2D eigenvalue weighted by Gasteiger charge is 2.44. The van der Waals surface area contributed by atoms with Crippen molar-refractivity contribution in [2.24, 2.45) is 5.92 Å². The van der Waals surface area contributed by atoms with Crippen LogP contribution in [0.15, 0.2) is 24.3 Å². The molecule has 6 heteroatoms. The molecule has 146 valence electrons. The van der Waals surface area contributed by atoms with Crippen molar-refractivity contribution in [3.63, 3.8) is 0 Å². The Morgan fingerprint density at radius 1 is 1.22 bits per heavy atom. The molecule has 4 heterocycles. The summed E-state index contributed by atoms with van der Waals surface area (Å²) in [6.45, 7) is 4.25. The van der Waals surface area contributed by atoms with E-state index in [1.807, 2.05) is 0 Å². The smallest absolute Gasteiger partial charge is 0.226 e. The SMILES string of the molecule is Cl.O=C([C@H]1CCCNC1)N1CCC2(CC1)OCCc1c2[nH]c2ccccc12. The molecule has 0 unspecified atom stereocenters. The van der Waals surface area contributed by atoms with E-state index in [0.717, 1.165) is 64.9 Å². The van der Waals surface area contributed by atoms with Crippen LogP contribution in [0.1, 0.15) is 36.9 Å². The van der Waals surface area contributed by atoms with E-state index >= 15 is 0 Å². The number of fused-ring (bicyclic) bond motifs is 4. The molecule has 3 aliphatic rings. The normalized spacial score (nSPS) is 24.4. The summed E-state index contributed by atoms with van der Waals surface area (Å²) in [5.41, 5.74) is 3.64. The molecule has 2 N–H and O–H groups in total. The summed E-state index contributed by atoms with van der Waals surface area (Å²) < 4.78 is 6.35. The van der Waals surface area contributed by atoms with E-state index in [9.17, 15) is 4.79 Å². The summed E-state index contributed by atoms with van der Waals surface area (Å²) in [5.74, 6) is 0.494. The highest BCUT2D eigenvalue weighted by molar-refractivity contribution is 5.86. The summed E-state index contributed by atoms with van der Waals surface area (Å²) in [7, 11) is 0. The number of carbonyl (C=O) groups is 1. The Balaban J connectivity index is 0.00000180. The number of aromatic amines is 1. The minimum atomic E-state index is -0.242. The van der Waals surface area contributed by atoms with Crippen LogP contribution >= 0.6 is 12.4 Å². The van der Waals surface area contributed by atoms with Crippen LogP contribution in [0, 0.1) is 5.92 Å². The minimum absolute atomic E-state index is 0. The zero-order valence-corrected chi connectivity index (χ0v) is 16.4. The fourth-order valence-corrected chi connectivity index (χ4v) is 5.07. The Hall–Kier alpha value is -1.56. The first-order valence-corrected chi connectivity index (χ1v) is 10.0. The highest BCUT2D eigenvalue weighted by atomic mass is 35.5. The molecule has 27 heavy (non-hydrogen) atoms. The summed E-state index contributed by atoms with van der Waals surface area (Å²) in [4.78, 5) is 18.6. The van der Waals surface area contributed by atoms with Crippen molar-refractivity contribution in [2.75, 3.05) is 32.8 Å². The van der Waals surface area contributed by atoms with Gasteiger partial charge in [0.1, 0.15) is 5.60 Å². The molecule has 2 fully saturated rings. The number of para-hydroxylation sites is 1. The van der Waals surface area contributed by atoms with Gasteiger partial charge >= 0.3 is 0 Å². The molecular weight excluding hydrogens is 362 g/mol. The Labute approximate surface area is 166 Å². The average Bonchev–Trinajstić information content (AvgIpc) is 3.09. The number of nitrogens with zero attached hydrogens (tertiary/aromatic N) is 1. The van der Waals surface area contributed by atoms with Gasteiger partial charge in [-0.1, -0.05) is 18.2 Å². The van der Waals surface area contributed by atoms with Crippen LogP contribution in [0.5, 0.6) is 0 Å². The summed E-state index contributed by atoms with van der Waals surface area (Å²) in [6, 6.07) is 8.55. The average molecular weight is 390 g/mol. The van der Waals surface area contributed by atoms with Gasteiger partial charge in [0.25, 0.3) is 0 Å². The number of likely N-dealkylation sites (tertiary alicyclic amines) is 1. The van der Waals surface area contributed by atoms with Gasteiger partial charge in [0, 0.05) is 30.5 Å². The second-order valence-corrected chi connectivity index (χ2v) is 7.99. The maximum absolute atomic E-state index is 12.8. The van der Waals surface area contributed by atoms with E-state index in [-0.39, 0.29) is 23.9 Å². The molecule has 0 aliphatic carbocycles. The molecule has 1 aromatic carbocycles. The number of halogens is 1. The molecule has 5 nitrogen and oxygen atoms in total. The van der Waals surface area contributed by atoms with Gasteiger partial charge in [-0.2, -0.15) is 0 Å². The van der Waals surface area contributed by atoms with E-state index in [4.69, 9.17) is 4.74 Å². The van der Waals surface area contributed by atoms with E-state index in [0.29, 0.717) is 5.91 Å². The number of amides is 1. The van der Waals surface area contributed by atoms with E-state index in [2.05, 4.69) is 39.5 Å². The number of ether oxygens (including phenoxy) is 1. The second-order valence-electron chi connectivity index (χ2n) is 7.99. The molecule has 2 aromatic rings. The summed E-state index contributed by atoms with van der Waals surface area (Å²) >= 11 is 0. The van der Waals surface area contributed by atoms with Crippen LogP contribution in [-0.2, 0) is 21.6 Å². The number of nitrogens with one attached hydrogen (secondary N) is 2. The standard InChI is InChI=1S/C21H27N3O2.ClH/c25-20(15-4-3-10-22-14-15)24-11-8-21(9-12-24)19-17(7-13-26-21)16-5-1-2-6-18(16)23-19;/h1-2,5-6,15,22-23H,3-4,7-14H2;1H/t15-;/m0./s1. The molecule has 1 atom stereocenters. The number of piperidine rings is 2. The summed E-state index contributed by atoms with van der Waals surface area (Å²) in [6.07, 6.45) is 4.88. The van der Waals surface area contributed by atoms with Gasteiger partial charge in [0.05, 0.1) is 18.2 Å².